The summed E-state index contributed by atoms with van der Waals surface area (Å²) in [6.07, 6.45) is 2.10. The first-order valence-electron chi connectivity index (χ1n) is 5.40. The predicted octanol–water partition coefficient (Wildman–Crippen LogP) is 2.13. The van der Waals surface area contributed by atoms with E-state index in [1.807, 2.05) is 0 Å². The minimum atomic E-state index is -0.901. The van der Waals surface area contributed by atoms with Gasteiger partial charge in [-0.15, -0.1) is 0 Å². The third-order valence-electron chi connectivity index (χ3n) is 2.42. The van der Waals surface area contributed by atoms with Crippen LogP contribution in [0.15, 0.2) is 29.2 Å². The third-order valence-corrected chi connectivity index (χ3v) is 4.24. The zero-order valence-electron chi connectivity index (χ0n) is 9.14. The van der Waals surface area contributed by atoms with Gasteiger partial charge < -0.3 is 4.74 Å². The predicted molar refractivity (Wildman–Crippen MR) is 61.8 cm³/mol. The first-order valence-corrected chi connectivity index (χ1v) is 6.61. The van der Waals surface area contributed by atoms with Gasteiger partial charge in [-0.05, 0) is 44.0 Å². The summed E-state index contributed by atoms with van der Waals surface area (Å²) in [5.74, 6) is -0.328. The van der Waals surface area contributed by atoms with Gasteiger partial charge in [0, 0.05) is 10.1 Å². The molecule has 1 aliphatic rings. The van der Waals surface area contributed by atoms with Gasteiger partial charge in [0.15, 0.2) is 0 Å². The minimum Gasteiger partial charge on any atom is -0.462 e. The fourth-order valence-electron chi connectivity index (χ4n) is 1.41. The van der Waals surface area contributed by atoms with Crippen LogP contribution >= 0.6 is 0 Å². The molecule has 1 aromatic rings. The average molecular weight is 238 g/mol. The van der Waals surface area contributed by atoms with Crippen LogP contribution in [0.1, 0.15) is 30.1 Å². The molecule has 0 aliphatic heterocycles. The summed E-state index contributed by atoms with van der Waals surface area (Å²) >= 11 is 0. The summed E-state index contributed by atoms with van der Waals surface area (Å²) in [4.78, 5) is 12.2. The molecule has 1 aliphatic carbocycles. The standard InChI is InChI=1S/C12H14O3S/c1-2-15-12(13)9-3-5-10(6-4-9)16(14)11-7-8-11/h3-6,11H,2,7-8H2,1H3. The van der Waals surface area contributed by atoms with Crippen LogP contribution in [0.2, 0.25) is 0 Å². The maximum absolute atomic E-state index is 11.8. The quantitative estimate of drug-likeness (QED) is 0.755. The van der Waals surface area contributed by atoms with Crippen molar-refractivity contribution in [3.8, 4) is 0 Å². The van der Waals surface area contributed by atoms with E-state index in [1.165, 1.54) is 0 Å². The van der Waals surface area contributed by atoms with Crippen molar-refractivity contribution in [3.63, 3.8) is 0 Å². The summed E-state index contributed by atoms with van der Waals surface area (Å²) in [5.41, 5.74) is 0.512. The van der Waals surface area contributed by atoms with Gasteiger partial charge in [-0.1, -0.05) is 0 Å². The van der Waals surface area contributed by atoms with Gasteiger partial charge in [0.1, 0.15) is 0 Å². The Kier molecular flexibility index (Phi) is 3.39. The Morgan fingerprint density at radius 2 is 2.00 bits per heavy atom. The second-order valence-corrected chi connectivity index (χ2v) is 5.47. The zero-order chi connectivity index (χ0) is 11.5. The van der Waals surface area contributed by atoms with Gasteiger partial charge in [0.05, 0.1) is 23.0 Å². The van der Waals surface area contributed by atoms with Crippen LogP contribution in [0.25, 0.3) is 0 Å². The molecule has 0 bridgehead atoms. The molecule has 86 valence electrons. The number of rotatable bonds is 4. The SMILES string of the molecule is CCOC(=O)c1ccc(S(=O)C2CC2)cc1. The van der Waals surface area contributed by atoms with Gasteiger partial charge >= 0.3 is 5.97 Å². The monoisotopic (exact) mass is 238 g/mol. The molecule has 0 heterocycles. The summed E-state index contributed by atoms with van der Waals surface area (Å²) in [7, 11) is -0.901. The summed E-state index contributed by atoms with van der Waals surface area (Å²) in [6.45, 7) is 2.14. The third kappa shape index (κ3) is 2.50. The summed E-state index contributed by atoms with van der Waals surface area (Å²) < 4.78 is 16.7. The van der Waals surface area contributed by atoms with Crippen LogP contribution in [0, 0.1) is 0 Å². The van der Waals surface area contributed by atoms with Crippen LogP contribution in [-0.4, -0.2) is 22.0 Å². The number of carbonyl (C=O) groups is 1. The van der Waals surface area contributed by atoms with Crippen molar-refractivity contribution in [1.29, 1.82) is 0 Å². The molecule has 0 saturated heterocycles. The average Bonchev–Trinajstić information content (AvgIpc) is 3.12. The maximum atomic E-state index is 11.8. The number of hydrogen-bond acceptors (Lipinski definition) is 3. The number of esters is 1. The Labute approximate surface area is 97.3 Å². The fraction of sp³-hybridized carbons (Fsp3) is 0.417. The van der Waals surface area contributed by atoms with Gasteiger partial charge in [0.25, 0.3) is 0 Å². The molecule has 0 amide bonds. The smallest absolute Gasteiger partial charge is 0.338 e. The Balaban J connectivity index is 2.09. The van der Waals surface area contributed by atoms with Gasteiger partial charge in [-0.3, -0.25) is 4.21 Å². The lowest BCUT2D eigenvalue weighted by Gasteiger charge is -2.03. The molecule has 16 heavy (non-hydrogen) atoms. The normalized spacial score (nSPS) is 16.8. The molecule has 0 spiro atoms. The molecular weight excluding hydrogens is 224 g/mol. The molecular formula is C12H14O3S. The highest BCUT2D eigenvalue weighted by molar-refractivity contribution is 7.86. The molecule has 1 saturated carbocycles. The van der Waals surface area contributed by atoms with Crippen molar-refractivity contribution in [2.45, 2.75) is 29.9 Å². The summed E-state index contributed by atoms with van der Waals surface area (Å²) in [6, 6.07) is 6.85. The van der Waals surface area contributed by atoms with Crippen molar-refractivity contribution < 1.29 is 13.7 Å². The van der Waals surface area contributed by atoms with E-state index >= 15 is 0 Å². The molecule has 1 aromatic carbocycles. The minimum absolute atomic E-state index is 0.327. The lowest BCUT2D eigenvalue weighted by molar-refractivity contribution is 0.0526. The molecule has 0 aromatic heterocycles. The van der Waals surface area contributed by atoms with Gasteiger partial charge in [0.2, 0.25) is 0 Å². The number of hydrogen-bond donors (Lipinski definition) is 0. The lowest BCUT2D eigenvalue weighted by atomic mass is 10.2. The molecule has 4 heteroatoms. The highest BCUT2D eigenvalue weighted by Gasteiger charge is 2.29. The Morgan fingerprint density at radius 3 is 2.50 bits per heavy atom. The Hall–Kier alpha value is -1.16. The highest BCUT2D eigenvalue weighted by atomic mass is 32.2. The van der Waals surface area contributed by atoms with Crippen molar-refractivity contribution in [1.82, 2.24) is 0 Å². The molecule has 2 rings (SSSR count). The van der Waals surface area contributed by atoms with Crippen LogP contribution in [0.3, 0.4) is 0 Å². The molecule has 1 unspecified atom stereocenters. The van der Waals surface area contributed by atoms with E-state index in [2.05, 4.69) is 0 Å². The molecule has 0 N–H and O–H groups in total. The van der Waals surface area contributed by atoms with Crippen molar-refractivity contribution >= 4 is 16.8 Å². The van der Waals surface area contributed by atoms with Crippen molar-refractivity contribution in [2.75, 3.05) is 6.61 Å². The highest BCUT2D eigenvalue weighted by Crippen LogP contribution is 2.30. The van der Waals surface area contributed by atoms with E-state index in [0.29, 0.717) is 17.4 Å². The molecule has 3 nitrogen and oxygen atoms in total. The van der Waals surface area contributed by atoms with E-state index in [1.54, 1.807) is 31.2 Å². The fourth-order valence-corrected chi connectivity index (χ4v) is 2.77. The molecule has 1 atom stereocenters. The second kappa shape index (κ2) is 4.78. The van der Waals surface area contributed by atoms with E-state index < -0.39 is 10.8 Å². The zero-order valence-corrected chi connectivity index (χ0v) is 9.96. The van der Waals surface area contributed by atoms with Crippen LogP contribution in [0.4, 0.5) is 0 Å². The van der Waals surface area contributed by atoms with E-state index in [4.69, 9.17) is 4.74 Å². The van der Waals surface area contributed by atoms with Crippen LogP contribution in [0.5, 0.6) is 0 Å². The van der Waals surface area contributed by atoms with Gasteiger partial charge in [-0.25, -0.2) is 4.79 Å². The van der Waals surface area contributed by atoms with Crippen LogP contribution < -0.4 is 0 Å². The van der Waals surface area contributed by atoms with E-state index in [0.717, 1.165) is 17.7 Å². The first kappa shape index (κ1) is 11.3. The number of benzene rings is 1. The second-order valence-electron chi connectivity index (χ2n) is 3.74. The number of carbonyl (C=O) groups excluding carboxylic acids is 1. The largest absolute Gasteiger partial charge is 0.462 e. The first-order chi connectivity index (χ1) is 7.72. The van der Waals surface area contributed by atoms with Crippen molar-refractivity contribution in [2.24, 2.45) is 0 Å². The van der Waals surface area contributed by atoms with E-state index in [9.17, 15) is 9.00 Å². The lowest BCUT2D eigenvalue weighted by Crippen LogP contribution is -2.05. The molecule has 1 fully saturated rings. The van der Waals surface area contributed by atoms with Gasteiger partial charge in [-0.2, -0.15) is 0 Å². The molecule has 0 radical (unpaired) electrons. The number of ether oxygens (including phenoxy) is 1. The Bertz CT molecular complexity index is 407. The maximum Gasteiger partial charge on any atom is 0.338 e. The summed E-state index contributed by atoms with van der Waals surface area (Å²) in [5, 5.41) is 0.327. The van der Waals surface area contributed by atoms with Crippen LogP contribution in [-0.2, 0) is 15.5 Å². The topological polar surface area (TPSA) is 43.4 Å². The van der Waals surface area contributed by atoms with Crippen molar-refractivity contribution in [3.05, 3.63) is 29.8 Å². The Morgan fingerprint density at radius 1 is 1.38 bits per heavy atom. The van der Waals surface area contributed by atoms with E-state index in [-0.39, 0.29) is 5.97 Å².